The number of nitrogens with zero attached hydrogens (tertiary/aromatic N) is 2. The maximum atomic E-state index is 12.8. The van der Waals surface area contributed by atoms with Gasteiger partial charge in [0.25, 0.3) is 0 Å². The molecule has 2 aromatic carbocycles. The highest BCUT2D eigenvalue weighted by Crippen LogP contribution is 2.28. The number of nitrogens with one attached hydrogen (secondary N) is 1. The van der Waals surface area contributed by atoms with E-state index in [1.54, 1.807) is 0 Å². The number of carbonyl (C=O) groups is 1. The van der Waals surface area contributed by atoms with Crippen LogP contribution in [0.15, 0.2) is 60.7 Å². The maximum Gasteiger partial charge on any atom is 0.221 e. The van der Waals surface area contributed by atoms with Crippen LogP contribution in [0, 0.1) is 0 Å². The van der Waals surface area contributed by atoms with Crippen molar-refractivity contribution in [3.05, 3.63) is 89.0 Å². The Labute approximate surface area is 166 Å². The third kappa shape index (κ3) is 4.01. The molecule has 0 saturated heterocycles. The molecule has 0 bridgehead atoms. The topological polar surface area (TPSA) is 46.9 Å². The number of carbonyl (C=O) groups excluding carboxylic acids is 1. The molecule has 4 nitrogen and oxygen atoms in total. The fourth-order valence-electron chi connectivity index (χ4n) is 4.13. The van der Waals surface area contributed by atoms with Gasteiger partial charge in [0.15, 0.2) is 0 Å². The van der Waals surface area contributed by atoms with Crippen LogP contribution in [0.3, 0.4) is 0 Å². The van der Waals surface area contributed by atoms with Crippen molar-refractivity contribution in [3.63, 3.8) is 0 Å². The molecule has 0 fully saturated rings. The van der Waals surface area contributed by atoms with Crippen molar-refractivity contribution in [3.8, 4) is 0 Å². The minimum atomic E-state index is 0.0528. The summed E-state index contributed by atoms with van der Waals surface area (Å²) in [7, 11) is 2.06. The van der Waals surface area contributed by atoms with E-state index in [9.17, 15) is 4.79 Å². The Bertz CT molecular complexity index is 892. The smallest absolute Gasteiger partial charge is 0.221 e. The van der Waals surface area contributed by atoms with Crippen molar-refractivity contribution in [1.82, 2.24) is 14.9 Å². The molecule has 1 aromatic heterocycles. The quantitative estimate of drug-likeness (QED) is 0.706. The number of fused-ring (bicyclic) bond motifs is 1. The fourth-order valence-corrected chi connectivity index (χ4v) is 4.13. The molecule has 1 amide bonds. The van der Waals surface area contributed by atoms with E-state index in [4.69, 9.17) is 4.98 Å². The third-order valence-corrected chi connectivity index (χ3v) is 5.70. The predicted octanol–water partition coefficient (Wildman–Crippen LogP) is 4.14. The molecule has 144 valence electrons. The van der Waals surface area contributed by atoms with E-state index in [2.05, 4.69) is 41.2 Å². The number of benzene rings is 2. The second-order valence-electron chi connectivity index (χ2n) is 7.54. The lowest BCUT2D eigenvalue weighted by Crippen LogP contribution is -2.26. The zero-order valence-corrected chi connectivity index (χ0v) is 16.4. The van der Waals surface area contributed by atoms with Gasteiger partial charge in [-0.1, -0.05) is 60.7 Å². The summed E-state index contributed by atoms with van der Waals surface area (Å²) in [6.07, 6.45) is 5.02. The zero-order valence-electron chi connectivity index (χ0n) is 16.4. The molecule has 1 aliphatic rings. The van der Waals surface area contributed by atoms with E-state index in [1.807, 2.05) is 36.4 Å². The molecule has 1 heterocycles. The van der Waals surface area contributed by atoms with Gasteiger partial charge in [-0.3, -0.25) is 4.79 Å². The standard InChI is InChI=1S/C24H27N3O/c1-27-22-15-9-8-14-21(22)26-23(27)17-25-24(28)16-20(18-10-4-2-5-11-18)19-12-6-3-7-13-19/h2-7,10-13,20H,8-9,14-17H2,1H3,(H,25,28). The van der Waals surface area contributed by atoms with E-state index < -0.39 is 0 Å². The molecule has 0 unspecified atom stereocenters. The summed E-state index contributed by atoms with van der Waals surface area (Å²) in [6.45, 7) is 0.485. The van der Waals surface area contributed by atoms with Crippen LogP contribution in [0.5, 0.6) is 0 Å². The zero-order chi connectivity index (χ0) is 19.3. The van der Waals surface area contributed by atoms with Crippen LogP contribution in [0.2, 0.25) is 0 Å². The first-order chi connectivity index (χ1) is 13.7. The second kappa shape index (κ2) is 8.42. The highest BCUT2D eigenvalue weighted by Gasteiger charge is 2.20. The summed E-state index contributed by atoms with van der Waals surface area (Å²) >= 11 is 0. The monoisotopic (exact) mass is 373 g/mol. The van der Waals surface area contributed by atoms with Crippen LogP contribution in [0.1, 0.15) is 53.5 Å². The number of hydrogen-bond donors (Lipinski definition) is 1. The molecule has 1 aliphatic carbocycles. The Hall–Kier alpha value is -2.88. The normalized spacial score (nSPS) is 13.4. The Balaban J connectivity index is 1.46. The summed E-state index contributed by atoms with van der Waals surface area (Å²) < 4.78 is 2.17. The van der Waals surface area contributed by atoms with Gasteiger partial charge < -0.3 is 9.88 Å². The molecule has 0 radical (unpaired) electrons. The minimum Gasteiger partial charge on any atom is -0.349 e. The van der Waals surface area contributed by atoms with Crippen molar-refractivity contribution in [1.29, 1.82) is 0 Å². The highest BCUT2D eigenvalue weighted by molar-refractivity contribution is 5.77. The van der Waals surface area contributed by atoms with Gasteiger partial charge in [-0.05, 0) is 36.8 Å². The molecule has 28 heavy (non-hydrogen) atoms. The summed E-state index contributed by atoms with van der Waals surface area (Å²) in [5.41, 5.74) is 4.87. The third-order valence-electron chi connectivity index (χ3n) is 5.70. The van der Waals surface area contributed by atoms with Gasteiger partial charge in [0.05, 0.1) is 12.2 Å². The Morgan fingerprint density at radius 1 is 1.00 bits per heavy atom. The van der Waals surface area contributed by atoms with Crippen molar-refractivity contribution < 1.29 is 4.79 Å². The lowest BCUT2D eigenvalue weighted by Gasteiger charge is -2.18. The van der Waals surface area contributed by atoms with Gasteiger partial charge in [0.2, 0.25) is 5.91 Å². The summed E-state index contributed by atoms with van der Waals surface area (Å²) in [5, 5.41) is 3.10. The molecular formula is C24H27N3O. The first-order valence-electron chi connectivity index (χ1n) is 10.1. The van der Waals surface area contributed by atoms with Crippen molar-refractivity contribution >= 4 is 5.91 Å². The molecule has 0 saturated carbocycles. The molecule has 3 aromatic rings. The number of aryl methyl sites for hydroxylation is 1. The van der Waals surface area contributed by atoms with Gasteiger partial charge in [-0.2, -0.15) is 0 Å². The Morgan fingerprint density at radius 2 is 1.61 bits per heavy atom. The van der Waals surface area contributed by atoms with Crippen LogP contribution in [-0.2, 0) is 31.2 Å². The Morgan fingerprint density at radius 3 is 2.21 bits per heavy atom. The molecule has 0 atom stereocenters. The maximum absolute atomic E-state index is 12.8. The van der Waals surface area contributed by atoms with Crippen LogP contribution in [0.4, 0.5) is 0 Å². The van der Waals surface area contributed by atoms with Crippen LogP contribution < -0.4 is 5.32 Å². The lowest BCUT2D eigenvalue weighted by molar-refractivity contribution is -0.121. The summed E-state index contributed by atoms with van der Waals surface area (Å²) in [5.74, 6) is 1.06. The van der Waals surface area contributed by atoms with Crippen LogP contribution >= 0.6 is 0 Å². The SMILES string of the molecule is Cn1c(CNC(=O)CC(c2ccccc2)c2ccccc2)nc2c1CCCC2. The van der Waals surface area contributed by atoms with Gasteiger partial charge >= 0.3 is 0 Å². The largest absolute Gasteiger partial charge is 0.349 e. The molecule has 1 N–H and O–H groups in total. The van der Waals surface area contributed by atoms with E-state index in [0.29, 0.717) is 13.0 Å². The first kappa shape index (κ1) is 18.5. The number of hydrogen-bond acceptors (Lipinski definition) is 2. The highest BCUT2D eigenvalue weighted by atomic mass is 16.1. The van der Waals surface area contributed by atoms with Crippen LogP contribution in [-0.4, -0.2) is 15.5 Å². The second-order valence-corrected chi connectivity index (χ2v) is 7.54. The van der Waals surface area contributed by atoms with Gasteiger partial charge in [0.1, 0.15) is 5.82 Å². The molecule has 0 spiro atoms. The van der Waals surface area contributed by atoms with Crippen molar-refractivity contribution in [2.75, 3.05) is 0 Å². The van der Waals surface area contributed by atoms with E-state index in [-0.39, 0.29) is 11.8 Å². The number of imidazole rings is 1. The number of aromatic nitrogens is 2. The van der Waals surface area contributed by atoms with Crippen molar-refractivity contribution in [2.24, 2.45) is 7.05 Å². The van der Waals surface area contributed by atoms with Gasteiger partial charge in [-0.15, -0.1) is 0 Å². The average molecular weight is 374 g/mol. The van der Waals surface area contributed by atoms with E-state index in [1.165, 1.54) is 24.2 Å². The number of amides is 1. The number of rotatable bonds is 6. The molecule has 0 aliphatic heterocycles. The summed E-state index contributed by atoms with van der Waals surface area (Å²) in [6, 6.07) is 20.5. The van der Waals surface area contributed by atoms with Gasteiger partial charge in [-0.25, -0.2) is 4.98 Å². The Kier molecular flexibility index (Phi) is 5.56. The minimum absolute atomic E-state index is 0.0528. The molecular weight excluding hydrogens is 346 g/mol. The molecule has 4 rings (SSSR count). The van der Waals surface area contributed by atoms with E-state index >= 15 is 0 Å². The fraction of sp³-hybridized carbons (Fsp3) is 0.333. The van der Waals surface area contributed by atoms with Crippen molar-refractivity contribution in [2.45, 2.75) is 44.6 Å². The lowest BCUT2D eigenvalue weighted by atomic mass is 9.88. The predicted molar refractivity (Wildman–Crippen MR) is 111 cm³/mol. The van der Waals surface area contributed by atoms with Gasteiger partial charge in [0, 0.05) is 25.1 Å². The van der Waals surface area contributed by atoms with E-state index in [0.717, 1.165) is 29.8 Å². The molecule has 4 heteroatoms. The first-order valence-corrected chi connectivity index (χ1v) is 10.1. The summed E-state index contributed by atoms with van der Waals surface area (Å²) in [4.78, 5) is 17.5. The average Bonchev–Trinajstić information content (AvgIpc) is 3.07. The van der Waals surface area contributed by atoms with Crippen LogP contribution in [0.25, 0.3) is 0 Å².